The van der Waals surface area contributed by atoms with Crippen molar-refractivity contribution in [2.24, 2.45) is 0 Å². The summed E-state index contributed by atoms with van der Waals surface area (Å²) < 4.78 is 1.96. The summed E-state index contributed by atoms with van der Waals surface area (Å²) in [5.74, 6) is 0. The molecule has 1 aromatic heterocycles. The Hall–Kier alpha value is -2.34. The minimum atomic E-state index is -0.544. The van der Waals surface area contributed by atoms with Crippen LogP contribution in [-0.2, 0) is 13.1 Å². The summed E-state index contributed by atoms with van der Waals surface area (Å²) in [4.78, 5) is 13.5. The Bertz CT molecular complexity index is 680. The first-order valence-electron chi connectivity index (χ1n) is 8.12. The number of carbonyl (C=O) groups is 1. The normalized spacial score (nSPS) is 12.0. The van der Waals surface area contributed by atoms with Gasteiger partial charge in [0.25, 0.3) is 0 Å². The van der Waals surface area contributed by atoms with E-state index in [2.05, 4.69) is 22.5 Å². The number of amides is 2. The fourth-order valence-electron chi connectivity index (χ4n) is 2.68. The lowest BCUT2D eigenvalue weighted by atomic mass is 10.2. The van der Waals surface area contributed by atoms with E-state index in [1.54, 1.807) is 14.0 Å². The molecule has 2 amide bonds. The molecule has 2 aromatic rings. The van der Waals surface area contributed by atoms with Crippen molar-refractivity contribution in [2.75, 3.05) is 13.6 Å². The molecular weight excluding hydrogens is 304 g/mol. The number of nitrogens with zero attached hydrogens (tertiary/aromatic N) is 3. The highest BCUT2D eigenvalue weighted by Crippen LogP contribution is 2.14. The molecule has 0 saturated carbocycles. The molecular formula is C18H26N4O2. The highest BCUT2D eigenvalue weighted by molar-refractivity contribution is 5.73. The van der Waals surface area contributed by atoms with E-state index in [0.717, 1.165) is 17.0 Å². The largest absolute Gasteiger partial charge is 0.392 e. The second-order valence-corrected chi connectivity index (χ2v) is 6.18. The molecule has 0 bridgehead atoms. The van der Waals surface area contributed by atoms with Gasteiger partial charge in [0.05, 0.1) is 18.3 Å². The highest BCUT2D eigenvalue weighted by Gasteiger charge is 2.15. The fraction of sp³-hybridized carbons (Fsp3) is 0.444. The molecule has 130 valence electrons. The third-order valence-corrected chi connectivity index (χ3v) is 4.01. The van der Waals surface area contributed by atoms with Gasteiger partial charge in [-0.25, -0.2) is 4.79 Å². The molecule has 6 heteroatoms. The number of benzene rings is 1. The van der Waals surface area contributed by atoms with E-state index >= 15 is 0 Å². The first-order chi connectivity index (χ1) is 11.4. The lowest BCUT2D eigenvalue weighted by Gasteiger charge is -2.19. The maximum absolute atomic E-state index is 12.0. The second kappa shape index (κ2) is 7.97. The molecule has 1 aromatic carbocycles. The summed E-state index contributed by atoms with van der Waals surface area (Å²) in [6, 6.07) is 9.96. The van der Waals surface area contributed by atoms with Gasteiger partial charge in [0, 0.05) is 31.4 Å². The number of aliphatic hydroxyl groups excluding tert-OH is 1. The van der Waals surface area contributed by atoms with Crippen molar-refractivity contribution in [1.29, 1.82) is 0 Å². The predicted molar refractivity (Wildman–Crippen MR) is 93.8 cm³/mol. The van der Waals surface area contributed by atoms with Gasteiger partial charge < -0.3 is 15.3 Å². The Morgan fingerprint density at radius 3 is 2.62 bits per heavy atom. The Kier molecular flexibility index (Phi) is 5.98. The van der Waals surface area contributed by atoms with Crippen molar-refractivity contribution in [3.8, 4) is 0 Å². The van der Waals surface area contributed by atoms with Gasteiger partial charge in [0.15, 0.2) is 0 Å². The molecule has 0 aliphatic carbocycles. The maximum Gasteiger partial charge on any atom is 0.317 e. The molecule has 0 spiro atoms. The van der Waals surface area contributed by atoms with Crippen LogP contribution in [0.5, 0.6) is 0 Å². The molecule has 0 saturated heterocycles. The fourth-order valence-corrected chi connectivity index (χ4v) is 2.68. The number of aromatic nitrogens is 2. The van der Waals surface area contributed by atoms with Gasteiger partial charge >= 0.3 is 6.03 Å². The maximum atomic E-state index is 12.0. The van der Waals surface area contributed by atoms with E-state index < -0.39 is 6.10 Å². The van der Waals surface area contributed by atoms with Crippen molar-refractivity contribution in [1.82, 2.24) is 20.0 Å². The first kappa shape index (κ1) is 18.0. The zero-order valence-corrected chi connectivity index (χ0v) is 14.8. The Morgan fingerprint density at radius 1 is 1.33 bits per heavy atom. The standard InChI is InChI=1S/C18H26N4O2/c1-13(23)11-21(4)18(24)19-10-17-14(2)20-22(15(17)3)12-16-8-6-5-7-9-16/h5-9,13,23H,10-12H2,1-4H3,(H,19,24). The molecule has 1 unspecified atom stereocenters. The smallest absolute Gasteiger partial charge is 0.317 e. The van der Waals surface area contributed by atoms with Crippen LogP contribution in [0.1, 0.15) is 29.4 Å². The van der Waals surface area contributed by atoms with Crippen molar-refractivity contribution >= 4 is 6.03 Å². The topological polar surface area (TPSA) is 70.4 Å². The monoisotopic (exact) mass is 330 g/mol. The number of carbonyl (C=O) groups excluding carboxylic acids is 1. The number of nitrogens with one attached hydrogen (secondary N) is 1. The molecule has 0 radical (unpaired) electrons. The molecule has 24 heavy (non-hydrogen) atoms. The lowest BCUT2D eigenvalue weighted by molar-refractivity contribution is 0.143. The summed E-state index contributed by atoms with van der Waals surface area (Å²) in [6.45, 7) is 7.07. The minimum absolute atomic E-state index is 0.203. The van der Waals surface area contributed by atoms with Gasteiger partial charge in [-0.3, -0.25) is 4.68 Å². The molecule has 2 N–H and O–H groups in total. The second-order valence-electron chi connectivity index (χ2n) is 6.18. The Morgan fingerprint density at radius 2 is 2.00 bits per heavy atom. The molecule has 0 fully saturated rings. The number of aliphatic hydroxyl groups is 1. The SMILES string of the molecule is Cc1nn(Cc2ccccc2)c(C)c1CNC(=O)N(C)CC(C)O. The Balaban J connectivity index is 2.02. The average Bonchev–Trinajstić information content (AvgIpc) is 2.79. The van der Waals surface area contributed by atoms with Crippen molar-refractivity contribution in [3.63, 3.8) is 0 Å². The number of urea groups is 1. The average molecular weight is 330 g/mol. The number of aryl methyl sites for hydroxylation is 1. The van der Waals surface area contributed by atoms with E-state index in [4.69, 9.17) is 0 Å². The number of hydrogen-bond donors (Lipinski definition) is 2. The van der Waals surface area contributed by atoms with Crippen LogP contribution >= 0.6 is 0 Å². The van der Waals surface area contributed by atoms with Crippen LogP contribution in [0.3, 0.4) is 0 Å². The van der Waals surface area contributed by atoms with Crippen molar-refractivity contribution < 1.29 is 9.90 Å². The third kappa shape index (κ3) is 4.58. The van der Waals surface area contributed by atoms with Gasteiger partial charge in [0.2, 0.25) is 0 Å². The minimum Gasteiger partial charge on any atom is -0.392 e. The van der Waals surface area contributed by atoms with E-state index in [0.29, 0.717) is 19.6 Å². The van der Waals surface area contributed by atoms with Gasteiger partial charge in [-0.1, -0.05) is 30.3 Å². The number of rotatable bonds is 6. The third-order valence-electron chi connectivity index (χ3n) is 4.01. The quantitative estimate of drug-likeness (QED) is 0.852. The molecule has 0 aliphatic rings. The predicted octanol–water partition coefficient (Wildman–Crippen LogP) is 2.07. The van der Waals surface area contributed by atoms with Crippen molar-refractivity contribution in [2.45, 2.75) is 40.0 Å². The summed E-state index contributed by atoms with van der Waals surface area (Å²) in [7, 11) is 1.67. The summed E-state index contributed by atoms with van der Waals surface area (Å²) >= 11 is 0. The van der Waals surface area contributed by atoms with E-state index in [9.17, 15) is 9.90 Å². The van der Waals surface area contributed by atoms with Gasteiger partial charge in [-0.2, -0.15) is 5.10 Å². The van der Waals surface area contributed by atoms with E-state index in [1.807, 2.05) is 36.7 Å². The number of hydrogen-bond acceptors (Lipinski definition) is 3. The first-order valence-corrected chi connectivity index (χ1v) is 8.12. The zero-order valence-electron chi connectivity index (χ0n) is 14.8. The summed E-state index contributed by atoms with van der Waals surface area (Å²) in [6.07, 6.45) is -0.544. The van der Waals surface area contributed by atoms with Gasteiger partial charge in [-0.15, -0.1) is 0 Å². The van der Waals surface area contributed by atoms with Gasteiger partial charge in [-0.05, 0) is 26.3 Å². The molecule has 6 nitrogen and oxygen atoms in total. The molecule has 0 aliphatic heterocycles. The van der Waals surface area contributed by atoms with Crippen LogP contribution in [-0.4, -0.2) is 45.5 Å². The molecule has 2 rings (SSSR count). The van der Waals surface area contributed by atoms with E-state index in [1.165, 1.54) is 10.5 Å². The zero-order chi connectivity index (χ0) is 17.7. The molecule has 1 heterocycles. The highest BCUT2D eigenvalue weighted by atomic mass is 16.3. The summed E-state index contributed by atoms with van der Waals surface area (Å²) in [5.41, 5.74) is 4.19. The van der Waals surface area contributed by atoms with Crippen LogP contribution in [0.15, 0.2) is 30.3 Å². The van der Waals surface area contributed by atoms with Crippen LogP contribution in [0.25, 0.3) is 0 Å². The number of likely N-dealkylation sites (N-methyl/N-ethyl adjacent to an activating group) is 1. The van der Waals surface area contributed by atoms with Gasteiger partial charge in [0.1, 0.15) is 0 Å². The summed E-state index contributed by atoms with van der Waals surface area (Å²) in [5, 5.41) is 16.8. The lowest BCUT2D eigenvalue weighted by Crippen LogP contribution is -2.40. The van der Waals surface area contributed by atoms with Crippen LogP contribution in [0, 0.1) is 13.8 Å². The van der Waals surface area contributed by atoms with Crippen LogP contribution in [0.4, 0.5) is 4.79 Å². The molecule has 1 atom stereocenters. The van der Waals surface area contributed by atoms with Crippen LogP contribution in [0.2, 0.25) is 0 Å². The van der Waals surface area contributed by atoms with Crippen molar-refractivity contribution in [3.05, 3.63) is 52.8 Å². The van der Waals surface area contributed by atoms with E-state index in [-0.39, 0.29) is 6.03 Å². The van der Waals surface area contributed by atoms with Crippen LogP contribution < -0.4 is 5.32 Å². The Labute approximate surface area is 143 Å².